The molecule has 1 N–H and O–H groups in total. The highest BCUT2D eigenvalue weighted by Gasteiger charge is 2.02. The van der Waals surface area contributed by atoms with E-state index in [2.05, 4.69) is 53.1 Å². The Hall–Kier alpha value is -2.66. The van der Waals surface area contributed by atoms with Crippen molar-refractivity contribution in [3.63, 3.8) is 0 Å². The summed E-state index contributed by atoms with van der Waals surface area (Å²) in [5.41, 5.74) is 4.32. The van der Waals surface area contributed by atoms with E-state index in [0.717, 1.165) is 29.9 Å². The molecule has 0 aliphatic rings. The second kappa shape index (κ2) is 7.94. The molecule has 128 valence electrons. The van der Waals surface area contributed by atoms with Crippen molar-refractivity contribution in [2.45, 2.75) is 13.8 Å². The summed E-state index contributed by atoms with van der Waals surface area (Å²) in [7, 11) is 0. The average Bonchev–Trinajstić information content (AvgIpc) is 3.03. The quantitative estimate of drug-likeness (QED) is 0.505. The Bertz CT molecular complexity index is 887. The molecule has 1 heterocycles. The van der Waals surface area contributed by atoms with Crippen molar-refractivity contribution in [2.75, 3.05) is 18.0 Å². The lowest BCUT2D eigenvalue weighted by Crippen LogP contribution is -2.21. The Kier molecular flexibility index (Phi) is 5.46. The van der Waals surface area contributed by atoms with Crippen LogP contribution in [0.1, 0.15) is 19.4 Å². The van der Waals surface area contributed by atoms with Crippen LogP contribution < -0.4 is 4.90 Å². The van der Waals surface area contributed by atoms with E-state index in [-0.39, 0.29) is 0 Å². The van der Waals surface area contributed by atoms with E-state index in [4.69, 9.17) is 12.2 Å². The van der Waals surface area contributed by atoms with Crippen LogP contribution in [0.5, 0.6) is 0 Å². The molecule has 4 nitrogen and oxygen atoms in total. The lowest BCUT2D eigenvalue weighted by Gasteiger charge is -2.20. The summed E-state index contributed by atoms with van der Waals surface area (Å²) in [6, 6.07) is 18.5. The minimum atomic E-state index is 0.579. The third kappa shape index (κ3) is 4.06. The summed E-state index contributed by atoms with van der Waals surface area (Å²) in [5, 5.41) is 4.48. The molecule has 0 unspecified atom stereocenters. The maximum atomic E-state index is 5.36. The van der Waals surface area contributed by atoms with Gasteiger partial charge < -0.3 is 9.88 Å². The third-order valence-electron chi connectivity index (χ3n) is 4.14. The van der Waals surface area contributed by atoms with Crippen molar-refractivity contribution in [2.24, 2.45) is 5.10 Å². The summed E-state index contributed by atoms with van der Waals surface area (Å²) in [5.74, 6) is 0. The second-order valence-electron chi connectivity index (χ2n) is 5.69. The number of nitrogens with zero attached hydrogens (tertiary/aromatic N) is 3. The molecule has 2 aromatic carbocycles. The largest absolute Gasteiger partial charge is 0.372 e. The van der Waals surface area contributed by atoms with Crippen molar-refractivity contribution >= 4 is 24.1 Å². The third-order valence-corrected chi connectivity index (χ3v) is 4.43. The van der Waals surface area contributed by atoms with E-state index in [1.165, 1.54) is 5.69 Å². The average molecular weight is 350 g/mol. The number of rotatable bonds is 6. The molecule has 0 radical (unpaired) electrons. The van der Waals surface area contributed by atoms with Gasteiger partial charge >= 0.3 is 0 Å². The standard InChI is InChI=1S/C20H22N4S/c1-3-23(4-2)18-12-10-16(11-13-18)14-21-24-15-19(22-20(24)25)17-8-6-5-7-9-17/h5-15H,3-4H2,1-2H3,(H,22,25). The lowest BCUT2D eigenvalue weighted by atomic mass is 10.2. The van der Waals surface area contributed by atoms with Gasteiger partial charge in [0.25, 0.3) is 0 Å². The Balaban J connectivity index is 1.78. The van der Waals surface area contributed by atoms with Gasteiger partial charge in [-0.25, -0.2) is 4.68 Å². The summed E-state index contributed by atoms with van der Waals surface area (Å²) >= 11 is 5.36. The van der Waals surface area contributed by atoms with Crippen LogP contribution in [0.4, 0.5) is 5.69 Å². The minimum absolute atomic E-state index is 0.579. The van der Waals surface area contributed by atoms with Gasteiger partial charge in [-0.15, -0.1) is 0 Å². The summed E-state index contributed by atoms with van der Waals surface area (Å²) in [6.45, 7) is 6.34. The highest BCUT2D eigenvalue weighted by molar-refractivity contribution is 7.71. The summed E-state index contributed by atoms with van der Waals surface area (Å²) in [6.07, 6.45) is 3.74. The molecule has 0 bridgehead atoms. The van der Waals surface area contributed by atoms with Crippen LogP contribution >= 0.6 is 12.2 Å². The fraction of sp³-hybridized carbons (Fsp3) is 0.200. The second-order valence-corrected chi connectivity index (χ2v) is 6.08. The molecule has 0 atom stereocenters. The first-order valence-electron chi connectivity index (χ1n) is 8.47. The Morgan fingerprint density at radius 3 is 2.36 bits per heavy atom. The van der Waals surface area contributed by atoms with Crippen LogP contribution in [0.15, 0.2) is 65.9 Å². The van der Waals surface area contributed by atoms with E-state index in [9.17, 15) is 0 Å². The Labute approximate surface area is 153 Å². The zero-order valence-corrected chi connectivity index (χ0v) is 15.3. The zero-order valence-electron chi connectivity index (χ0n) is 14.5. The molecule has 0 saturated carbocycles. The van der Waals surface area contributed by atoms with Gasteiger partial charge in [-0.2, -0.15) is 5.10 Å². The fourth-order valence-electron chi connectivity index (χ4n) is 2.72. The first-order valence-corrected chi connectivity index (χ1v) is 8.88. The first-order chi connectivity index (χ1) is 12.2. The SMILES string of the molecule is CCN(CC)c1ccc(C=Nn2cc(-c3ccccc3)[nH]c2=S)cc1. The number of aromatic nitrogens is 2. The molecule has 5 heteroatoms. The van der Waals surface area contributed by atoms with E-state index < -0.39 is 0 Å². The first kappa shape index (κ1) is 17.2. The minimum Gasteiger partial charge on any atom is -0.372 e. The van der Waals surface area contributed by atoms with Crippen molar-refractivity contribution in [1.29, 1.82) is 0 Å². The van der Waals surface area contributed by atoms with Crippen molar-refractivity contribution in [3.05, 3.63) is 71.1 Å². The van der Waals surface area contributed by atoms with Crippen molar-refractivity contribution < 1.29 is 0 Å². The van der Waals surface area contributed by atoms with Crippen LogP contribution in [0.25, 0.3) is 11.3 Å². The molecular formula is C20H22N4S. The van der Waals surface area contributed by atoms with E-state index >= 15 is 0 Å². The number of hydrogen-bond donors (Lipinski definition) is 1. The van der Waals surface area contributed by atoms with Crippen molar-refractivity contribution in [1.82, 2.24) is 9.66 Å². The van der Waals surface area contributed by atoms with Crippen LogP contribution in [0.3, 0.4) is 0 Å². The molecule has 3 rings (SSSR count). The van der Waals surface area contributed by atoms with Gasteiger partial charge in [0.05, 0.1) is 18.1 Å². The predicted octanol–water partition coefficient (Wildman–Crippen LogP) is 4.94. The number of aromatic amines is 1. The topological polar surface area (TPSA) is 36.3 Å². The van der Waals surface area contributed by atoms with Gasteiger partial charge in [-0.3, -0.25) is 0 Å². The van der Waals surface area contributed by atoms with Crippen LogP contribution in [-0.2, 0) is 0 Å². The number of imidazole rings is 1. The van der Waals surface area contributed by atoms with E-state index in [0.29, 0.717) is 4.77 Å². The normalized spacial score (nSPS) is 11.1. The van der Waals surface area contributed by atoms with Crippen molar-refractivity contribution in [3.8, 4) is 11.3 Å². The maximum absolute atomic E-state index is 5.36. The molecule has 0 amide bonds. The molecule has 0 fully saturated rings. The van der Waals surface area contributed by atoms with Gasteiger partial charge in [0, 0.05) is 18.8 Å². The summed E-state index contributed by atoms with van der Waals surface area (Å²) in [4.78, 5) is 5.51. The Morgan fingerprint density at radius 2 is 1.72 bits per heavy atom. The van der Waals surface area contributed by atoms with Gasteiger partial charge in [-0.05, 0) is 49.3 Å². The highest BCUT2D eigenvalue weighted by Crippen LogP contribution is 2.17. The highest BCUT2D eigenvalue weighted by atomic mass is 32.1. The van der Waals surface area contributed by atoms with Crippen LogP contribution in [0, 0.1) is 4.77 Å². The van der Waals surface area contributed by atoms with Gasteiger partial charge in [0.1, 0.15) is 0 Å². The molecule has 0 aliphatic carbocycles. The van der Waals surface area contributed by atoms with E-state index in [1.807, 2.05) is 42.7 Å². The molecule has 25 heavy (non-hydrogen) atoms. The lowest BCUT2D eigenvalue weighted by molar-refractivity contribution is 0.863. The number of anilines is 1. The molecule has 3 aromatic rings. The molecule has 0 saturated heterocycles. The number of benzene rings is 2. The number of hydrogen-bond acceptors (Lipinski definition) is 3. The predicted molar refractivity (Wildman–Crippen MR) is 108 cm³/mol. The van der Waals surface area contributed by atoms with Crippen LogP contribution in [-0.4, -0.2) is 29.0 Å². The van der Waals surface area contributed by atoms with Crippen LogP contribution in [0.2, 0.25) is 0 Å². The number of H-pyrrole nitrogens is 1. The van der Waals surface area contributed by atoms with Gasteiger partial charge in [-0.1, -0.05) is 42.5 Å². The van der Waals surface area contributed by atoms with E-state index in [1.54, 1.807) is 4.68 Å². The molecule has 0 spiro atoms. The zero-order chi connectivity index (χ0) is 17.6. The molecule has 1 aromatic heterocycles. The molecular weight excluding hydrogens is 328 g/mol. The Morgan fingerprint density at radius 1 is 1.04 bits per heavy atom. The fourth-order valence-corrected chi connectivity index (χ4v) is 2.93. The van der Waals surface area contributed by atoms with Gasteiger partial charge in [0.2, 0.25) is 0 Å². The maximum Gasteiger partial charge on any atom is 0.198 e. The van der Waals surface area contributed by atoms with Gasteiger partial charge in [0.15, 0.2) is 4.77 Å². The molecule has 0 aliphatic heterocycles. The monoisotopic (exact) mass is 350 g/mol. The summed E-state index contributed by atoms with van der Waals surface area (Å²) < 4.78 is 2.27. The smallest absolute Gasteiger partial charge is 0.198 e. The number of nitrogens with one attached hydrogen (secondary N) is 1.